The summed E-state index contributed by atoms with van der Waals surface area (Å²) in [5.74, 6) is 0.925. The summed E-state index contributed by atoms with van der Waals surface area (Å²) in [4.78, 5) is 24.3. The molecular formula is C25H23ClN2O5. The lowest BCUT2D eigenvalue weighted by atomic mass is 10.1. The lowest BCUT2D eigenvalue weighted by Crippen LogP contribution is -2.40. The summed E-state index contributed by atoms with van der Waals surface area (Å²) in [6, 6.07) is 19.2. The molecule has 2 N–H and O–H groups in total. The molecule has 7 nitrogen and oxygen atoms in total. The molecule has 0 fully saturated rings. The molecule has 0 spiro atoms. The molecule has 0 aliphatic rings. The normalized spacial score (nSPS) is 10.5. The van der Waals surface area contributed by atoms with E-state index in [9.17, 15) is 9.59 Å². The molecule has 0 unspecified atom stereocenters. The van der Waals surface area contributed by atoms with Crippen molar-refractivity contribution in [2.75, 3.05) is 14.2 Å². The van der Waals surface area contributed by atoms with Crippen LogP contribution in [0.4, 0.5) is 0 Å². The van der Waals surface area contributed by atoms with Crippen molar-refractivity contribution < 1.29 is 23.8 Å². The number of rotatable bonds is 8. The molecule has 0 radical (unpaired) electrons. The Balaban J connectivity index is 1.48. The van der Waals surface area contributed by atoms with Crippen molar-refractivity contribution in [1.82, 2.24) is 10.9 Å². The fourth-order valence-electron chi connectivity index (χ4n) is 2.81. The fourth-order valence-corrected chi connectivity index (χ4v) is 2.94. The third-order valence-electron chi connectivity index (χ3n) is 4.57. The summed E-state index contributed by atoms with van der Waals surface area (Å²) in [6.07, 6.45) is 2.90. The van der Waals surface area contributed by atoms with Crippen LogP contribution in [0.15, 0.2) is 72.8 Å². The molecule has 3 rings (SSSR count). The lowest BCUT2D eigenvalue weighted by molar-refractivity contribution is -0.117. The maximum absolute atomic E-state index is 12.3. The number of ether oxygens (including phenoxy) is 3. The van der Waals surface area contributed by atoms with Crippen molar-refractivity contribution >= 4 is 29.5 Å². The van der Waals surface area contributed by atoms with E-state index in [0.717, 1.165) is 11.1 Å². The molecule has 33 heavy (non-hydrogen) atoms. The number of halogens is 1. The average molecular weight is 467 g/mol. The molecule has 8 heteroatoms. The average Bonchev–Trinajstić information content (AvgIpc) is 2.85. The van der Waals surface area contributed by atoms with Gasteiger partial charge in [0.1, 0.15) is 12.4 Å². The molecule has 0 saturated carbocycles. The molecule has 2 amide bonds. The standard InChI is InChI=1S/C25H23ClN2O5/c1-31-22-13-5-17(15-23(22)32-2)6-14-24(29)27-28-25(30)19-7-3-18(4-8-19)16-33-21-11-9-20(26)10-12-21/h3-15H,16H2,1-2H3,(H,27,29)(H,28,30)/b14-6+. The number of hydrazine groups is 1. The molecular weight excluding hydrogens is 444 g/mol. The van der Waals surface area contributed by atoms with Crippen molar-refractivity contribution in [3.63, 3.8) is 0 Å². The van der Waals surface area contributed by atoms with E-state index in [1.54, 1.807) is 79.9 Å². The molecule has 0 bridgehead atoms. The Morgan fingerprint density at radius 2 is 1.58 bits per heavy atom. The summed E-state index contributed by atoms with van der Waals surface area (Å²) in [6.45, 7) is 0.348. The van der Waals surface area contributed by atoms with E-state index in [2.05, 4.69) is 10.9 Å². The first-order chi connectivity index (χ1) is 16.0. The van der Waals surface area contributed by atoms with Crippen LogP contribution < -0.4 is 25.1 Å². The first-order valence-electron chi connectivity index (χ1n) is 9.96. The highest BCUT2D eigenvalue weighted by atomic mass is 35.5. The van der Waals surface area contributed by atoms with Gasteiger partial charge in [-0.05, 0) is 65.7 Å². The summed E-state index contributed by atoms with van der Waals surface area (Å²) >= 11 is 5.86. The minimum atomic E-state index is -0.480. The highest BCUT2D eigenvalue weighted by Gasteiger charge is 2.07. The number of hydrogen-bond donors (Lipinski definition) is 2. The first-order valence-corrected chi connectivity index (χ1v) is 10.3. The van der Waals surface area contributed by atoms with Gasteiger partial charge < -0.3 is 14.2 Å². The number of carbonyl (C=O) groups excluding carboxylic acids is 2. The van der Waals surface area contributed by atoms with Gasteiger partial charge in [0.2, 0.25) is 0 Å². The van der Waals surface area contributed by atoms with Gasteiger partial charge in [0, 0.05) is 16.7 Å². The van der Waals surface area contributed by atoms with Crippen LogP contribution in [0.1, 0.15) is 21.5 Å². The van der Waals surface area contributed by atoms with Crippen LogP contribution >= 0.6 is 11.6 Å². The quantitative estimate of drug-likeness (QED) is 0.379. The van der Waals surface area contributed by atoms with Crippen LogP contribution in [-0.2, 0) is 11.4 Å². The molecule has 0 atom stereocenters. The van der Waals surface area contributed by atoms with Crippen LogP contribution in [0.5, 0.6) is 17.2 Å². The Morgan fingerprint density at radius 3 is 2.24 bits per heavy atom. The molecule has 0 heterocycles. The maximum Gasteiger partial charge on any atom is 0.269 e. The molecule has 3 aromatic rings. The van der Waals surface area contributed by atoms with Gasteiger partial charge in [0.05, 0.1) is 14.2 Å². The Kier molecular flexibility index (Phi) is 8.32. The summed E-state index contributed by atoms with van der Waals surface area (Å²) in [5, 5.41) is 0.640. The number of carbonyl (C=O) groups is 2. The topological polar surface area (TPSA) is 85.9 Å². The number of amides is 2. The Bertz CT molecular complexity index is 1130. The number of benzene rings is 3. The molecule has 3 aromatic carbocycles. The van der Waals surface area contributed by atoms with E-state index >= 15 is 0 Å². The number of nitrogens with one attached hydrogen (secondary N) is 2. The van der Waals surface area contributed by atoms with Crippen molar-refractivity contribution in [3.8, 4) is 17.2 Å². The zero-order valence-corrected chi connectivity index (χ0v) is 18.9. The molecule has 0 aliphatic carbocycles. The van der Waals surface area contributed by atoms with Crippen molar-refractivity contribution in [2.45, 2.75) is 6.61 Å². The van der Waals surface area contributed by atoms with E-state index in [4.69, 9.17) is 25.8 Å². The van der Waals surface area contributed by atoms with Crippen molar-refractivity contribution in [1.29, 1.82) is 0 Å². The molecule has 170 valence electrons. The van der Waals surface area contributed by atoms with Gasteiger partial charge >= 0.3 is 0 Å². The minimum absolute atomic E-state index is 0.348. The van der Waals surface area contributed by atoms with Gasteiger partial charge in [0.25, 0.3) is 11.8 Å². The van der Waals surface area contributed by atoms with Crippen LogP contribution in [-0.4, -0.2) is 26.0 Å². The third-order valence-corrected chi connectivity index (χ3v) is 4.82. The molecule has 0 aliphatic heterocycles. The number of methoxy groups -OCH3 is 2. The predicted octanol–water partition coefficient (Wildman–Crippen LogP) is 4.41. The lowest BCUT2D eigenvalue weighted by Gasteiger charge is -2.08. The van der Waals surface area contributed by atoms with E-state index in [1.807, 2.05) is 0 Å². The fraction of sp³-hybridized carbons (Fsp3) is 0.120. The monoisotopic (exact) mass is 466 g/mol. The molecule has 0 saturated heterocycles. The van der Waals surface area contributed by atoms with Crippen LogP contribution in [0.3, 0.4) is 0 Å². The minimum Gasteiger partial charge on any atom is -0.493 e. The van der Waals surface area contributed by atoms with E-state index in [0.29, 0.717) is 34.4 Å². The van der Waals surface area contributed by atoms with Crippen LogP contribution in [0, 0.1) is 0 Å². The van der Waals surface area contributed by atoms with Crippen molar-refractivity contribution in [3.05, 3.63) is 94.5 Å². The van der Waals surface area contributed by atoms with Gasteiger partial charge in [-0.2, -0.15) is 0 Å². The van der Waals surface area contributed by atoms with E-state index < -0.39 is 11.8 Å². The van der Waals surface area contributed by atoms with Crippen LogP contribution in [0.2, 0.25) is 5.02 Å². The van der Waals surface area contributed by atoms with Gasteiger partial charge in [0.15, 0.2) is 11.5 Å². The molecule has 0 aromatic heterocycles. The van der Waals surface area contributed by atoms with Gasteiger partial charge in [-0.25, -0.2) is 0 Å². The highest BCUT2D eigenvalue weighted by Crippen LogP contribution is 2.27. The predicted molar refractivity (Wildman–Crippen MR) is 126 cm³/mol. The summed E-state index contributed by atoms with van der Waals surface area (Å²) in [7, 11) is 3.08. The van der Waals surface area contributed by atoms with Gasteiger partial charge in [-0.1, -0.05) is 29.8 Å². The number of hydrogen-bond acceptors (Lipinski definition) is 5. The van der Waals surface area contributed by atoms with Crippen molar-refractivity contribution in [2.24, 2.45) is 0 Å². The third kappa shape index (κ3) is 7.02. The Labute approximate surface area is 196 Å². The second-order valence-electron chi connectivity index (χ2n) is 6.83. The zero-order chi connectivity index (χ0) is 23.6. The SMILES string of the molecule is COc1ccc(/C=C/C(=O)NNC(=O)c2ccc(COc3ccc(Cl)cc3)cc2)cc1OC. The first kappa shape index (κ1) is 23.7. The Morgan fingerprint density at radius 1 is 0.879 bits per heavy atom. The summed E-state index contributed by atoms with van der Waals surface area (Å²) < 4.78 is 16.1. The van der Waals surface area contributed by atoms with Gasteiger partial charge in [-0.15, -0.1) is 0 Å². The van der Waals surface area contributed by atoms with E-state index in [-0.39, 0.29) is 0 Å². The zero-order valence-electron chi connectivity index (χ0n) is 18.1. The maximum atomic E-state index is 12.3. The largest absolute Gasteiger partial charge is 0.493 e. The second-order valence-corrected chi connectivity index (χ2v) is 7.27. The Hall–Kier alpha value is -3.97. The van der Waals surface area contributed by atoms with E-state index in [1.165, 1.54) is 13.2 Å². The second kappa shape index (κ2) is 11.6. The van der Waals surface area contributed by atoms with Gasteiger partial charge in [-0.3, -0.25) is 20.4 Å². The summed E-state index contributed by atoms with van der Waals surface area (Å²) in [5.41, 5.74) is 6.76. The van der Waals surface area contributed by atoms with Crippen LogP contribution in [0.25, 0.3) is 6.08 Å². The smallest absolute Gasteiger partial charge is 0.269 e. The highest BCUT2D eigenvalue weighted by molar-refractivity contribution is 6.30.